The minimum atomic E-state index is -0.0820. The van der Waals surface area contributed by atoms with Crippen molar-refractivity contribution in [2.75, 3.05) is 19.6 Å². The first-order valence-electron chi connectivity index (χ1n) is 8.73. The van der Waals surface area contributed by atoms with Gasteiger partial charge in [-0.05, 0) is 30.5 Å². The molecule has 1 heterocycles. The predicted molar refractivity (Wildman–Crippen MR) is 97.7 cm³/mol. The molecule has 24 heavy (non-hydrogen) atoms. The lowest BCUT2D eigenvalue weighted by Gasteiger charge is -2.24. The number of rotatable bonds is 9. The molecule has 0 saturated heterocycles. The van der Waals surface area contributed by atoms with Gasteiger partial charge in [0.05, 0.1) is 18.3 Å². The lowest BCUT2D eigenvalue weighted by Crippen LogP contribution is -2.40. The second-order valence-electron chi connectivity index (χ2n) is 5.86. The topological polar surface area (TPSA) is 45.2 Å². The molecule has 0 saturated carbocycles. The monoisotopic (exact) mass is 325 g/mol. The summed E-state index contributed by atoms with van der Waals surface area (Å²) in [6, 6.07) is 15.9. The molecule has 1 aromatic heterocycles. The zero-order valence-corrected chi connectivity index (χ0v) is 14.6. The molecule has 0 aliphatic rings. The van der Waals surface area contributed by atoms with Gasteiger partial charge >= 0.3 is 0 Å². The molecule has 1 N–H and O–H groups in total. The van der Waals surface area contributed by atoms with Gasteiger partial charge in [-0.2, -0.15) is 0 Å². The summed E-state index contributed by atoms with van der Waals surface area (Å²) < 4.78 is 0. The van der Waals surface area contributed by atoms with Gasteiger partial charge in [-0.1, -0.05) is 50.2 Å². The fraction of sp³-hybridized carbons (Fsp3) is 0.400. The molecule has 0 radical (unpaired) electrons. The molecule has 128 valence electrons. The van der Waals surface area contributed by atoms with Crippen LogP contribution in [0.15, 0.2) is 54.7 Å². The van der Waals surface area contributed by atoms with Gasteiger partial charge in [-0.3, -0.25) is 15.1 Å². The van der Waals surface area contributed by atoms with Crippen LogP contribution in [0.3, 0.4) is 0 Å². The van der Waals surface area contributed by atoms with Crippen LogP contribution >= 0.6 is 0 Å². The van der Waals surface area contributed by atoms with Crippen molar-refractivity contribution in [3.05, 3.63) is 66.0 Å². The highest BCUT2D eigenvalue weighted by molar-refractivity contribution is 5.78. The van der Waals surface area contributed by atoms with E-state index in [1.807, 2.05) is 41.3 Å². The molecule has 0 bridgehead atoms. The summed E-state index contributed by atoms with van der Waals surface area (Å²) in [5.41, 5.74) is 2.04. The molecule has 4 nitrogen and oxygen atoms in total. The summed E-state index contributed by atoms with van der Waals surface area (Å²) >= 11 is 0. The van der Waals surface area contributed by atoms with Gasteiger partial charge < -0.3 is 4.90 Å². The maximum absolute atomic E-state index is 12.5. The van der Waals surface area contributed by atoms with Crippen molar-refractivity contribution in [2.24, 2.45) is 0 Å². The standard InChI is InChI=1S/C20H27N3O/c1-3-14-23(15-4-2)19(24)16-22-20(17-10-6-5-7-11-17)18-12-8-9-13-21-18/h5-13,20,22H,3-4,14-16H2,1-2H3. The highest BCUT2D eigenvalue weighted by Crippen LogP contribution is 2.19. The molecule has 2 rings (SSSR count). The van der Waals surface area contributed by atoms with E-state index in [2.05, 4.69) is 36.3 Å². The van der Waals surface area contributed by atoms with Crippen LogP contribution in [0.5, 0.6) is 0 Å². The van der Waals surface area contributed by atoms with Crippen LogP contribution in [0.2, 0.25) is 0 Å². The number of carbonyl (C=O) groups is 1. The smallest absolute Gasteiger partial charge is 0.236 e. The third-order valence-electron chi connectivity index (χ3n) is 3.91. The molecule has 0 spiro atoms. The number of hydrogen-bond acceptors (Lipinski definition) is 3. The summed E-state index contributed by atoms with van der Waals surface area (Å²) in [5.74, 6) is 0.149. The van der Waals surface area contributed by atoms with E-state index in [0.29, 0.717) is 6.54 Å². The van der Waals surface area contributed by atoms with Crippen LogP contribution in [-0.4, -0.2) is 35.4 Å². The number of nitrogens with one attached hydrogen (secondary N) is 1. The van der Waals surface area contributed by atoms with Crippen LogP contribution in [0.25, 0.3) is 0 Å². The van der Waals surface area contributed by atoms with Gasteiger partial charge in [0, 0.05) is 19.3 Å². The molecule has 1 unspecified atom stereocenters. The Kier molecular flexibility index (Phi) is 7.43. The molecule has 1 aromatic carbocycles. The fourth-order valence-corrected chi connectivity index (χ4v) is 2.79. The molecule has 2 aromatic rings. The third kappa shape index (κ3) is 5.17. The Labute approximate surface area is 144 Å². The normalized spacial score (nSPS) is 11.9. The lowest BCUT2D eigenvalue weighted by atomic mass is 10.0. The Balaban J connectivity index is 2.10. The first kappa shape index (κ1) is 18.1. The largest absolute Gasteiger partial charge is 0.342 e. The fourth-order valence-electron chi connectivity index (χ4n) is 2.79. The molecule has 0 aliphatic heterocycles. The average molecular weight is 325 g/mol. The summed E-state index contributed by atoms with van der Waals surface area (Å²) in [7, 11) is 0. The second-order valence-corrected chi connectivity index (χ2v) is 5.86. The molecular formula is C20H27N3O. The zero-order chi connectivity index (χ0) is 17.2. The van der Waals surface area contributed by atoms with Crippen molar-refractivity contribution >= 4 is 5.91 Å². The third-order valence-corrected chi connectivity index (χ3v) is 3.91. The number of aromatic nitrogens is 1. The van der Waals surface area contributed by atoms with Gasteiger partial charge in [-0.25, -0.2) is 0 Å². The number of nitrogens with zero attached hydrogens (tertiary/aromatic N) is 2. The predicted octanol–water partition coefficient (Wildman–Crippen LogP) is 3.41. The average Bonchev–Trinajstić information content (AvgIpc) is 2.63. The van der Waals surface area contributed by atoms with Crippen LogP contribution in [-0.2, 0) is 4.79 Å². The SMILES string of the molecule is CCCN(CCC)C(=O)CNC(c1ccccc1)c1ccccn1. The Hall–Kier alpha value is -2.20. The van der Waals surface area contributed by atoms with E-state index < -0.39 is 0 Å². The van der Waals surface area contributed by atoms with E-state index in [1.54, 1.807) is 6.20 Å². The highest BCUT2D eigenvalue weighted by atomic mass is 16.2. The minimum Gasteiger partial charge on any atom is -0.342 e. The molecule has 0 aliphatic carbocycles. The van der Waals surface area contributed by atoms with Crippen LogP contribution in [0, 0.1) is 0 Å². The van der Waals surface area contributed by atoms with Gasteiger partial charge in [0.25, 0.3) is 0 Å². The van der Waals surface area contributed by atoms with Crippen LogP contribution in [0.1, 0.15) is 44.0 Å². The number of benzene rings is 1. The van der Waals surface area contributed by atoms with Gasteiger partial charge in [0.2, 0.25) is 5.91 Å². The quantitative estimate of drug-likeness (QED) is 0.768. The molecule has 0 fully saturated rings. The van der Waals surface area contributed by atoms with Crippen molar-refractivity contribution in [3.63, 3.8) is 0 Å². The Morgan fingerprint density at radius 3 is 2.29 bits per heavy atom. The maximum atomic E-state index is 12.5. The van der Waals surface area contributed by atoms with Crippen molar-refractivity contribution < 1.29 is 4.79 Å². The summed E-state index contributed by atoms with van der Waals surface area (Å²) in [5, 5.41) is 3.40. The summed E-state index contributed by atoms with van der Waals surface area (Å²) in [6.07, 6.45) is 3.75. The van der Waals surface area contributed by atoms with Crippen LogP contribution < -0.4 is 5.32 Å². The number of hydrogen-bond donors (Lipinski definition) is 1. The van der Waals surface area contributed by atoms with Crippen molar-refractivity contribution in [1.29, 1.82) is 0 Å². The van der Waals surface area contributed by atoms with Gasteiger partial charge in [0.1, 0.15) is 0 Å². The van der Waals surface area contributed by atoms with Gasteiger partial charge in [0.15, 0.2) is 0 Å². The maximum Gasteiger partial charge on any atom is 0.236 e. The Bertz CT molecular complexity index is 555. The highest BCUT2D eigenvalue weighted by Gasteiger charge is 2.18. The van der Waals surface area contributed by atoms with E-state index in [9.17, 15) is 4.79 Å². The van der Waals surface area contributed by atoms with E-state index in [4.69, 9.17) is 0 Å². The molecule has 1 amide bonds. The summed E-state index contributed by atoms with van der Waals surface area (Å²) in [6.45, 7) is 6.14. The molecule has 4 heteroatoms. The van der Waals surface area contributed by atoms with Gasteiger partial charge in [-0.15, -0.1) is 0 Å². The lowest BCUT2D eigenvalue weighted by molar-refractivity contribution is -0.130. The van der Waals surface area contributed by atoms with Crippen molar-refractivity contribution in [3.8, 4) is 0 Å². The molecular weight excluding hydrogens is 298 g/mol. The summed E-state index contributed by atoms with van der Waals surface area (Å²) in [4.78, 5) is 18.9. The number of carbonyl (C=O) groups excluding carboxylic acids is 1. The molecule has 1 atom stereocenters. The van der Waals surface area contributed by atoms with E-state index in [-0.39, 0.29) is 11.9 Å². The zero-order valence-electron chi connectivity index (χ0n) is 14.6. The number of amides is 1. The second kappa shape index (κ2) is 9.83. The first-order chi connectivity index (χ1) is 11.8. The van der Waals surface area contributed by atoms with E-state index in [1.165, 1.54) is 0 Å². The Morgan fingerprint density at radius 2 is 1.71 bits per heavy atom. The first-order valence-corrected chi connectivity index (χ1v) is 8.73. The van der Waals surface area contributed by atoms with Crippen molar-refractivity contribution in [1.82, 2.24) is 15.2 Å². The van der Waals surface area contributed by atoms with Crippen LogP contribution in [0.4, 0.5) is 0 Å². The Morgan fingerprint density at radius 1 is 1.04 bits per heavy atom. The van der Waals surface area contributed by atoms with E-state index in [0.717, 1.165) is 37.2 Å². The minimum absolute atomic E-state index is 0.0820. The number of pyridine rings is 1. The van der Waals surface area contributed by atoms with Crippen molar-refractivity contribution in [2.45, 2.75) is 32.7 Å². The van der Waals surface area contributed by atoms with E-state index >= 15 is 0 Å².